The standard InChI is InChI=1S/C25H31Cl2N7O.C16H13Cl3N4O2.ClH/c1-15-5-3-4-10-33(15)18-8-11-32(12-9-18)21-14-29-23-22(24(28)35)31-34(25(23)30-21)16(2)19-7-6-17(26)13-20(19)27;1-3-25-16(24)14-13-15(21-12(19)7-20-13)23(22-14)8(2)10-5-4-9(17)6-11(10)18;/h6-7,13-16,18H,3-5,8-12H2,1-2H3,(H2,28,35);4-8H,3H2,1-2H3;1H. The van der Waals surface area contributed by atoms with Crippen molar-refractivity contribution >= 4 is 110 Å². The fraction of sp³-hybridized carbons (Fsp3) is 0.415. The number of fused-ring (bicyclic) bond motifs is 2. The second kappa shape index (κ2) is 20.0. The van der Waals surface area contributed by atoms with Crippen LogP contribution in [-0.2, 0) is 4.74 Å². The maximum absolute atomic E-state index is 12.2. The van der Waals surface area contributed by atoms with Gasteiger partial charge < -0.3 is 15.4 Å². The van der Waals surface area contributed by atoms with Crippen LogP contribution in [0.5, 0.6) is 0 Å². The van der Waals surface area contributed by atoms with Gasteiger partial charge in [0.25, 0.3) is 5.91 Å². The number of hydrogen-bond donors (Lipinski definition) is 1. The summed E-state index contributed by atoms with van der Waals surface area (Å²) < 4.78 is 8.28. The number of carbonyl (C=O) groups excluding carboxylic acids is 2. The van der Waals surface area contributed by atoms with Crippen molar-refractivity contribution in [3.63, 3.8) is 0 Å². The molecule has 2 saturated heterocycles. The fourth-order valence-electron chi connectivity index (χ4n) is 8.02. The Bertz CT molecular complexity index is 2540. The van der Waals surface area contributed by atoms with E-state index in [0.717, 1.165) is 42.9 Å². The molecule has 2 aromatic carbocycles. The second-order valence-corrected chi connectivity index (χ2v) is 17.0. The zero-order valence-corrected chi connectivity index (χ0v) is 38.5. The van der Waals surface area contributed by atoms with Crippen LogP contribution in [0.25, 0.3) is 22.3 Å². The highest BCUT2D eigenvalue weighted by atomic mass is 35.5. The number of amides is 1. The zero-order chi connectivity index (χ0) is 42.8. The smallest absolute Gasteiger partial charge is 0.361 e. The Morgan fingerprint density at radius 2 is 1.34 bits per heavy atom. The number of benzene rings is 2. The van der Waals surface area contributed by atoms with Crippen LogP contribution in [0.15, 0.2) is 48.8 Å². The molecular formula is C41H45Cl6N11O3. The third-order valence-electron chi connectivity index (χ3n) is 11.1. The summed E-state index contributed by atoms with van der Waals surface area (Å²) in [4.78, 5) is 47.2. The van der Waals surface area contributed by atoms with Gasteiger partial charge in [-0.05, 0) is 95.3 Å². The average Bonchev–Trinajstić information content (AvgIpc) is 3.80. The van der Waals surface area contributed by atoms with Gasteiger partial charge in [0.2, 0.25) is 0 Å². The quantitative estimate of drug-likeness (QED) is 0.137. The van der Waals surface area contributed by atoms with Crippen LogP contribution in [0, 0.1) is 0 Å². The van der Waals surface area contributed by atoms with E-state index < -0.39 is 11.9 Å². The van der Waals surface area contributed by atoms with Gasteiger partial charge in [-0.1, -0.05) is 76.6 Å². The average molecular weight is 953 g/mol. The lowest BCUT2D eigenvalue weighted by atomic mass is 9.96. The van der Waals surface area contributed by atoms with Crippen molar-refractivity contribution in [1.29, 1.82) is 0 Å². The summed E-state index contributed by atoms with van der Waals surface area (Å²) in [5, 5.41) is 11.1. The molecule has 0 radical (unpaired) electrons. The third-order valence-corrected chi connectivity index (χ3v) is 12.4. The molecule has 0 bridgehead atoms. The van der Waals surface area contributed by atoms with Crippen LogP contribution < -0.4 is 10.6 Å². The lowest BCUT2D eigenvalue weighted by Gasteiger charge is -2.43. The first-order chi connectivity index (χ1) is 28.7. The number of primary amides is 1. The molecule has 2 aliphatic heterocycles. The van der Waals surface area contributed by atoms with Crippen molar-refractivity contribution in [1.82, 2.24) is 44.4 Å². The van der Waals surface area contributed by atoms with Gasteiger partial charge in [-0.25, -0.2) is 34.1 Å². The van der Waals surface area contributed by atoms with Crippen molar-refractivity contribution in [2.75, 3.05) is 31.1 Å². The Morgan fingerprint density at radius 3 is 1.90 bits per heavy atom. The first kappa shape index (κ1) is 46.5. The number of rotatable bonds is 9. The first-order valence-electron chi connectivity index (χ1n) is 19.8. The molecule has 3 atom stereocenters. The summed E-state index contributed by atoms with van der Waals surface area (Å²) in [5.41, 5.74) is 9.00. The lowest BCUT2D eigenvalue weighted by Crippen LogP contribution is -2.50. The second-order valence-electron chi connectivity index (χ2n) is 14.9. The Labute approximate surface area is 384 Å². The minimum Gasteiger partial charge on any atom is -0.461 e. The van der Waals surface area contributed by atoms with Gasteiger partial charge in [-0.3, -0.25) is 9.69 Å². The Kier molecular flexibility index (Phi) is 15.2. The summed E-state index contributed by atoms with van der Waals surface area (Å²) in [6, 6.07) is 11.2. The number of anilines is 1. The number of aromatic nitrogens is 8. The normalized spacial score (nSPS) is 17.1. The predicted octanol–water partition coefficient (Wildman–Crippen LogP) is 9.68. The topological polar surface area (TPSA) is 163 Å². The fourth-order valence-corrected chi connectivity index (χ4v) is 9.28. The molecule has 2 N–H and O–H groups in total. The molecule has 2 fully saturated rings. The van der Waals surface area contributed by atoms with E-state index in [2.05, 4.69) is 41.9 Å². The molecule has 8 rings (SSSR count). The Balaban J connectivity index is 0.000000212. The number of esters is 1. The van der Waals surface area contributed by atoms with Crippen LogP contribution in [0.4, 0.5) is 5.82 Å². The molecule has 14 nitrogen and oxygen atoms in total. The molecule has 6 heterocycles. The summed E-state index contributed by atoms with van der Waals surface area (Å²) in [5.74, 6) is -0.423. The number of piperidine rings is 2. The van der Waals surface area contributed by atoms with E-state index in [4.69, 9.17) is 73.5 Å². The van der Waals surface area contributed by atoms with E-state index in [1.165, 1.54) is 32.0 Å². The number of ether oxygens (including phenoxy) is 1. The number of carbonyl (C=O) groups is 2. The Hall–Kier alpha value is -4.02. The van der Waals surface area contributed by atoms with E-state index in [0.29, 0.717) is 54.5 Å². The summed E-state index contributed by atoms with van der Waals surface area (Å²) in [7, 11) is 0. The van der Waals surface area contributed by atoms with E-state index in [1.54, 1.807) is 52.8 Å². The maximum atomic E-state index is 12.2. The molecule has 6 aromatic rings. The van der Waals surface area contributed by atoms with Crippen LogP contribution in [0.3, 0.4) is 0 Å². The zero-order valence-electron chi connectivity index (χ0n) is 33.9. The first-order valence-corrected chi connectivity index (χ1v) is 21.7. The number of likely N-dealkylation sites (tertiary alicyclic amines) is 1. The van der Waals surface area contributed by atoms with Gasteiger partial charge in [0.1, 0.15) is 22.0 Å². The SMILES string of the molecule is CC1CCCCN1C1CCN(c2cnc3c(C(N)=O)nn(C(C)c4ccc(Cl)cc4Cl)c3n2)CC1.CCOC(=O)c1nn(C(C)c2ccc(Cl)cc2Cl)c2nc(Cl)cnc12.Cl. The van der Waals surface area contributed by atoms with Crippen LogP contribution >= 0.6 is 70.4 Å². The molecule has 20 heteroatoms. The van der Waals surface area contributed by atoms with E-state index in [1.807, 2.05) is 19.9 Å². The number of nitrogens with two attached hydrogens (primary N) is 1. The van der Waals surface area contributed by atoms with Crippen LogP contribution in [-0.4, -0.2) is 94.6 Å². The van der Waals surface area contributed by atoms with E-state index in [-0.39, 0.29) is 47.6 Å². The van der Waals surface area contributed by atoms with Crippen molar-refractivity contribution < 1.29 is 14.3 Å². The molecule has 0 saturated carbocycles. The number of nitrogens with zero attached hydrogens (tertiary/aromatic N) is 10. The van der Waals surface area contributed by atoms with Gasteiger partial charge >= 0.3 is 5.97 Å². The molecule has 0 aliphatic carbocycles. The highest BCUT2D eigenvalue weighted by Crippen LogP contribution is 2.34. The van der Waals surface area contributed by atoms with Gasteiger partial charge in [0, 0.05) is 45.3 Å². The monoisotopic (exact) mass is 949 g/mol. The number of hydrogen-bond acceptors (Lipinski definition) is 11. The summed E-state index contributed by atoms with van der Waals surface area (Å²) in [6.07, 6.45) is 9.23. The Morgan fingerprint density at radius 1 is 0.787 bits per heavy atom. The van der Waals surface area contributed by atoms with Gasteiger partial charge in [-0.15, -0.1) is 12.4 Å². The number of halogens is 6. The van der Waals surface area contributed by atoms with Crippen molar-refractivity contribution in [3.8, 4) is 0 Å². The van der Waals surface area contributed by atoms with Gasteiger partial charge in [0.05, 0.1) is 31.1 Å². The van der Waals surface area contributed by atoms with Crippen LogP contribution in [0.1, 0.15) is 104 Å². The third kappa shape index (κ3) is 9.96. The van der Waals surface area contributed by atoms with Crippen LogP contribution in [0.2, 0.25) is 25.2 Å². The van der Waals surface area contributed by atoms with Crippen molar-refractivity contribution in [3.05, 3.63) is 96.6 Å². The molecule has 1 amide bonds. The molecule has 2 aliphatic rings. The molecule has 0 spiro atoms. The van der Waals surface area contributed by atoms with E-state index >= 15 is 0 Å². The molecular weight excluding hydrogens is 907 g/mol. The lowest BCUT2D eigenvalue weighted by molar-refractivity contribution is 0.0520. The van der Waals surface area contributed by atoms with Gasteiger partial charge in [0.15, 0.2) is 22.7 Å². The molecule has 61 heavy (non-hydrogen) atoms. The highest BCUT2D eigenvalue weighted by Gasteiger charge is 2.31. The maximum Gasteiger partial charge on any atom is 0.361 e. The van der Waals surface area contributed by atoms with E-state index in [9.17, 15) is 9.59 Å². The minimum absolute atomic E-state index is 0. The largest absolute Gasteiger partial charge is 0.461 e. The summed E-state index contributed by atoms with van der Waals surface area (Å²) in [6.45, 7) is 11.2. The van der Waals surface area contributed by atoms with Gasteiger partial charge in [-0.2, -0.15) is 10.2 Å². The van der Waals surface area contributed by atoms with Crippen molar-refractivity contribution in [2.45, 2.75) is 84.0 Å². The van der Waals surface area contributed by atoms with Crippen molar-refractivity contribution in [2.24, 2.45) is 5.73 Å². The highest BCUT2D eigenvalue weighted by molar-refractivity contribution is 6.35. The molecule has 3 unspecified atom stereocenters. The predicted molar refractivity (Wildman–Crippen MR) is 243 cm³/mol. The summed E-state index contributed by atoms with van der Waals surface area (Å²) >= 11 is 30.8. The minimum atomic E-state index is -0.637. The molecule has 4 aromatic heterocycles. The molecule has 324 valence electrons.